The topological polar surface area (TPSA) is 62.5 Å². The summed E-state index contributed by atoms with van der Waals surface area (Å²) in [5, 5.41) is 7.24. The molecule has 2 aromatic rings. The Bertz CT molecular complexity index is 682. The van der Waals surface area contributed by atoms with Crippen molar-refractivity contribution in [2.24, 2.45) is 11.8 Å². The molecule has 0 radical (unpaired) electrons. The number of carbonyl (C=O) groups is 1. The SMILES string of the molecule is Cc1nc2ccc(NC(=O)N3C[C@H]4CCC[C@H]4C3)cn2n1. The summed E-state index contributed by atoms with van der Waals surface area (Å²) in [5.74, 6) is 2.17. The van der Waals surface area contributed by atoms with Crippen LogP contribution in [0.3, 0.4) is 0 Å². The van der Waals surface area contributed by atoms with E-state index in [1.54, 1.807) is 4.52 Å². The van der Waals surface area contributed by atoms with E-state index in [1.165, 1.54) is 19.3 Å². The third-order valence-corrected chi connectivity index (χ3v) is 4.70. The van der Waals surface area contributed by atoms with E-state index in [0.717, 1.165) is 42.1 Å². The summed E-state index contributed by atoms with van der Waals surface area (Å²) in [6, 6.07) is 3.74. The van der Waals surface area contributed by atoms with Crippen LogP contribution in [0.5, 0.6) is 0 Å². The summed E-state index contributed by atoms with van der Waals surface area (Å²) < 4.78 is 1.70. The molecule has 2 amide bonds. The van der Waals surface area contributed by atoms with Crippen molar-refractivity contribution in [1.29, 1.82) is 0 Å². The number of aromatic nitrogens is 3. The predicted molar refractivity (Wildman–Crippen MR) is 79.1 cm³/mol. The van der Waals surface area contributed by atoms with Gasteiger partial charge in [0.1, 0.15) is 5.82 Å². The van der Waals surface area contributed by atoms with Crippen LogP contribution in [-0.2, 0) is 0 Å². The van der Waals surface area contributed by atoms with Gasteiger partial charge in [0, 0.05) is 13.1 Å². The van der Waals surface area contributed by atoms with E-state index in [-0.39, 0.29) is 6.03 Å². The van der Waals surface area contributed by atoms with Gasteiger partial charge in [-0.25, -0.2) is 14.3 Å². The molecule has 3 heterocycles. The van der Waals surface area contributed by atoms with E-state index in [0.29, 0.717) is 0 Å². The van der Waals surface area contributed by atoms with Gasteiger partial charge in [-0.3, -0.25) is 0 Å². The van der Waals surface area contributed by atoms with Gasteiger partial charge in [0.25, 0.3) is 0 Å². The molecule has 2 aromatic heterocycles. The Kier molecular flexibility index (Phi) is 2.83. The first-order chi connectivity index (χ1) is 10.2. The first-order valence-electron chi connectivity index (χ1n) is 7.58. The molecular formula is C15H19N5O. The average molecular weight is 285 g/mol. The van der Waals surface area contributed by atoms with E-state index in [4.69, 9.17) is 0 Å². The highest BCUT2D eigenvalue weighted by molar-refractivity contribution is 5.89. The molecule has 1 N–H and O–H groups in total. The predicted octanol–water partition coefficient (Wildman–Crippen LogP) is 2.30. The maximum absolute atomic E-state index is 12.4. The number of likely N-dealkylation sites (tertiary alicyclic amines) is 1. The highest BCUT2D eigenvalue weighted by Gasteiger charge is 2.37. The van der Waals surface area contributed by atoms with E-state index >= 15 is 0 Å². The smallest absolute Gasteiger partial charge is 0.321 e. The number of urea groups is 1. The first kappa shape index (κ1) is 12.6. The number of nitrogens with one attached hydrogen (secondary N) is 1. The highest BCUT2D eigenvalue weighted by Crippen LogP contribution is 2.37. The lowest BCUT2D eigenvalue weighted by Crippen LogP contribution is -2.33. The number of rotatable bonds is 1. The highest BCUT2D eigenvalue weighted by atomic mass is 16.2. The van der Waals surface area contributed by atoms with Crippen LogP contribution in [-0.4, -0.2) is 38.6 Å². The molecular weight excluding hydrogens is 266 g/mol. The Morgan fingerprint density at radius 1 is 1.29 bits per heavy atom. The minimum atomic E-state index is 0.000544. The lowest BCUT2D eigenvalue weighted by atomic mass is 10.0. The molecule has 0 aromatic carbocycles. The molecule has 1 saturated carbocycles. The number of pyridine rings is 1. The van der Waals surface area contributed by atoms with Crippen molar-refractivity contribution < 1.29 is 4.79 Å². The fourth-order valence-corrected chi connectivity index (χ4v) is 3.67. The molecule has 21 heavy (non-hydrogen) atoms. The first-order valence-corrected chi connectivity index (χ1v) is 7.58. The van der Waals surface area contributed by atoms with Gasteiger partial charge in [-0.1, -0.05) is 6.42 Å². The number of carbonyl (C=O) groups excluding carboxylic acids is 1. The molecule has 4 rings (SSSR count). The normalized spacial score (nSPS) is 24.5. The van der Waals surface area contributed by atoms with Gasteiger partial charge in [-0.05, 0) is 43.7 Å². The zero-order valence-electron chi connectivity index (χ0n) is 12.1. The van der Waals surface area contributed by atoms with Crippen LogP contribution in [0.15, 0.2) is 18.3 Å². The van der Waals surface area contributed by atoms with E-state index in [2.05, 4.69) is 15.4 Å². The summed E-state index contributed by atoms with van der Waals surface area (Å²) in [4.78, 5) is 18.6. The Labute approximate surface area is 123 Å². The molecule has 0 unspecified atom stereocenters. The summed E-state index contributed by atoms with van der Waals surface area (Å²) in [6.45, 7) is 3.66. The molecule has 6 heteroatoms. The van der Waals surface area contributed by atoms with Crippen molar-refractivity contribution in [3.63, 3.8) is 0 Å². The largest absolute Gasteiger partial charge is 0.324 e. The van der Waals surface area contributed by atoms with Gasteiger partial charge < -0.3 is 10.2 Å². The fraction of sp³-hybridized carbons (Fsp3) is 0.533. The molecule has 2 aliphatic rings. The van der Waals surface area contributed by atoms with Crippen molar-refractivity contribution in [2.75, 3.05) is 18.4 Å². The van der Waals surface area contributed by atoms with Crippen LogP contribution >= 0.6 is 0 Å². The summed E-state index contributed by atoms with van der Waals surface area (Å²) in [7, 11) is 0. The van der Waals surface area contributed by atoms with Crippen LogP contribution in [0.25, 0.3) is 5.65 Å². The molecule has 1 aliphatic heterocycles. The Morgan fingerprint density at radius 2 is 2.05 bits per heavy atom. The van der Waals surface area contributed by atoms with Crippen molar-refractivity contribution >= 4 is 17.4 Å². The average Bonchev–Trinajstić information content (AvgIpc) is 3.09. The molecule has 110 valence electrons. The van der Waals surface area contributed by atoms with E-state index < -0.39 is 0 Å². The minimum Gasteiger partial charge on any atom is -0.324 e. The maximum atomic E-state index is 12.4. The van der Waals surface area contributed by atoms with Crippen molar-refractivity contribution in [1.82, 2.24) is 19.5 Å². The number of nitrogens with zero attached hydrogens (tertiary/aromatic N) is 4. The Hall–Kier alpha value is -2.11. The van der Waals surface area contributed by atoms with Crippen LogP contribution < -0.4 is 5.32 Å². The molecule has 2 fully saturated rings. The van der Waals surface area contributed by atoms with Gasteiger partial charge in [0.05, 0.1) is 11.9 Å². The van der Waals surface area contributed by atoms with Gasteiger partial charge in [-0.15, -0.1) is 0 Å². The van der Waals surface area contributed by atoms with Gasteiger partial charge >= 0.3 is 6.03 Å². The number of amides is 2. The maximum Gasteiger partial charge on any atom is 0.321 e. The molecule has 0 bridgehead atoms. The van der Waals surface area contributed by atoms with Gasteiger partial charge in [0.15, 0.2) is 5.65 Å². The number of aryl methyl sites for hydroxylation is 1. The molecule has 1 aliphatic carbocycles. The third-order valence-electron chi connectivity index (χ3n) is 4.70. The summed E-state index contributed by atoms with van der Waals surface area (Å²) in [5.41, 5.74) is 1.55. The quantitative estimate of drug-likeness (QED) is 0.874. The monoisotopic (exact) mass is 285 g/mol. The lowest BCUT2D eigenvalue weighted by Gasteiger charge is -2.18. The van der Waals surface area contributed by atoms with Crippen LogP contribution in [0.1, 0.15) is 25.1 Å². The Morgan fingerprint density at radius 3 is 2.81 bits per heavy atom. The van der Waals surface area contributed by atoms with Crippen LogP contribution in [0.4, 0.5) is 10.5 Å². The van der Waals surface area contributed by atoms with Crippen LogP contribution in [0, 0.1) is 18.8 Å². The zero-order chi connectivity index (χ0) is 14.4. The number of fused-ring (bicyclic) bond motifs is 2. The van der Waals surface area contributed by atoms with Crippen molar-refractivity contribution in [2.45, 2.75) is 26.2 Å². The molecule has 1 saturated heterocycles. The minimum absolute atomic E-state index is 0.000544. The fourth-order valence-electron chi connectivity index (χ4n) is 3.67. The molecule has 0 spiro atoms. The van der Waals surface area contributed by atoms with Gasteiger partial charge in [0.2, 0.25) is 0 Å². The lowest BCUT2D eigenvalue weighted by molar-refractivity contribution is 0.219. The second-order valence-corrected chi connectivity index (χ2v) is 6.17. The second-order valence-electron chi connectivity index (χ2n) is 6.17. The standard InChI is InChI=1S/C15H19N5O/c1-10-16-14-6-5-13(9-20(14)18-10)17-15(21)19-7-11-3-2-4-12(11)8-19/h5-6,9,11-12H,2-4,7-8H2,1H3,(H,17,21)/t11-,12+. The molecule has 2 atom stereocenters. The number of hydrogen-bond donors (Lipinski definition) is 1. The third kappa shape index (κ3) is 2.24. The van der Waals surface area contributed by atoms with Gasteiger partial charge in [-0.2, -0.15) is 5.10 Å². The van der Waals surface area contributed by atoms with E-state index in [9.17, 15) is 4.79 Å². The number of hydrogen-bond acceptors (Lipinski definition) is 3. The van der Waals surface area contributed by atoms with Crippen molar-refractivity contribution in [3.8, 4) is 0 Å². The second kappa shape index (κ2) is 4.72. The molecule has 6 nitrogen and oxygen atoms in total. The van der Waals surface area contributed by atoms with Crippen molar-refractivity contribution in [3.05, 3.63) is 24.2 Å². The zero-order valence-corrected chi connectivity index (χ0v) is 12.1. The van der Waals surface area contributed by atoms with E-state index in [1.807, 2.05) is 30.2 Å². The number of anilines is 1. The Balaban J connectivity index is 1.48. The van der Waals surface area contributed by atoms with Crippen LogP contribution in [0.2, 0.25) is 0 Å². The summed E-state index contributed by atoms with van der Waals surface area (Å²) in [6.07, 6.45) is 5.69. The summed E-state index contributed by atoms with van der Waals surface area (Å²) >= 11 is 0.